The zero-order valence-corrected chi connectivity index (χ0v) is 18.9. The van der Waals surface area contributed by atoms with Gasteiger partial charge in [-0.15, -0.1) is 0 Å². The zero-order valence-electron chi connectivity index (χ0n) is 18.9. The number of nitrogens with one attached hydrogen (secondary N) is 2. The molecule has 1 fully saturated rings. The molecule has 4 aromatic rings. The SMILES string of the molecule is O=C(Nc1cccc(C(=O)N2Cc3cccnc3N3C[C@H](O)C[C@@H]3C2)c1)c1ccc2nc[nH]c2c1. The molecule has 6 rings (SSSR count). The molecule has 1 saturated heterocycles. The van der Waals surface area contributed by atoms with Crippen LogP contribution < -0.4 is 10.2 Å². The van der Waals surface area contributed by atoms with Crippen molar-refractivity contribution >= 4 is 34.4 Å². The molecule has 2 atom stereocenters. The molecule has 0 unspecified atom stereocenters. The summed E-state index contributed by atoms with van der Waals surface area (Å²) in [6.07, 6.45) is 3.49. The van der Waals surface area contributed by atoms with Crippen molar-refractivity contribution < 1.29 is 14.7 Å². The number of aliphatic hydroxyl groups excluding tert-OH is 1. The first-order valence-electron chi connectivity index (χ1n) is 11.6. The van der Waals surface area contributed by atoms with Crippen LogP contribution >= 0.6 is 0 Å². The average Bonchev–Trinajstić information content (AvgIpc) is 3.45. The highest BCUT2D eigenvalue weighted by Crippen LogP contribution is 2.32. The second-order valence-corrected chi connectivity index (χ2v) is 9.04. The largest absolute Gasteiger partial charge is 0.391 e. The number of anilines is 2. The molecule has 3 N–H and O–H groups in total. The van der Waals surface area contributed by atoms with E-state index in [2.05, 4.69) is 25.2 Å². The summed E-state index contributed by atoms with van der Waals surface area (Å²) in [5.74, 6) is 0.439. The van der Waals surface area contributed by atoms with E-state index in [9.17, 15) is 14.7 Å². The van der Waals surface area contributed by atoms with Crippen molar-refractivity contribution in [2.45, 2.75) is 25.1 Å². The van der Waals surface area contributed by atoms with Crippen LogP contribution in [-0.4, -0.2) is 62.0 Å². The summed E-state index contributed by atoms with van der Waals surface area (Å²) in [4.78, 5) is 42.0. The fourth-order valence-electron chi connectivity index (χ4n) is 5.01. The minimum Gasteiger partial charge on any atom is -0.391 e. The molecule has 2 aliphatic rings. The monoisotopic (exact) mass is 468 g/mol. The van der Waals surface area contributed by atoms with E-state index in [1.54, 1.807) is 59.9 Å². The molecule has 0 radical (unpaired) electrons. The van der Waals surface area contributed by atoms with Crippen LogP contribution in [0.1, 0.15) is 32.7 Å². The number of amides is 2. The number of fused-ring (bicyclic) bond motifs is 4. The Labute approximate surface area is 201 Å². The molecular weight excluding hydrogens is 444 g/mol. The van der Waals surface area contributed by atoms with Gasteiger partial charge in [-0.05, 0) is 48.9 Å². The van der Waals surface area contributed by atoms with E-state index in [-0.39, 0.29) is 17.9 Å². The van der Waals surface area contributed by atoms with Crippen molar-refractivity contribution in [1.82, 2.24) is 19.9 Å². The van der Waals surface area contributed by atoms with Gasteiger partial charge in [0.15, 0.2) is 0 Å². The van der Waals surface area contributed by atoms with E-state index >= 15 is 0 Å². The molecule has 9 nitrogen and oxygen atoms in total. The lowest BCUT2D eigenvalue weighted by Gasteiger charge is -2.26. The lowest BCUT2D eigenvalue weighted by Crippen LogP contribution is -2.40. The molecule has 9 heteroatoms. The number of nitrogens with zero attached hydrogens (tertiary/aromatic N) is 4. The van der Waals surface area contributed by atoms with Gasteiger partial charge in [-0.3, -0.25) is 9.59 Å². The summed E-state index contributed by atoms with van der Waals surface area (Å²) in [5, 5.41) is 13.2. The number of H-pyrrole nitrogens is 1. The van der Waals surface area contributed by atoms with Gasteiger partial charge in [-0.2, -0.15) is 0 Å². The minimum atomic E-state index is -0.440. The number of hydrogen-bond donors (Lipinski definition) is 3. The van der Waals surface area contributed by atoms with Gasteiger partial charge in [0.1, 0.15) is 5.82 Å². The maximum atomic E-state index is 13.6. The lowest BCUT2D eigenvalue weighted by molar-refractivity contribution is 0.0733. The Kier molecular flexibility index (Phi) is 5.18. The molecule has 0 bridgehead atoms. The molecule has 2 aromatic carbocycles. The molecule has 2 amide bonds. The lowest BCUT2D eigenvalue weighted by atomic mass is 10.1. The normalized spacial score (nSPS) is 19.2. The summed E-state index contributed by atoms with van der Waals surface area (Å²) >= 11 is 0. The number of benzene rings is 2. The molecule has 4 heterocycles. The van der Waals surface area contributed by atoms with Crippen molar-refractivity contribution in [3.8, 4) is 0 Å². The molecule has 35 heavy (non-hydrogen) atoms. The van der Waals surface area contributed by atoms with E-state index < -0.39 is 6.10 Å². The molecule has 176 valence electrons. The number of aromatic amines is 1. The summed E-state index contributed by atoms with van der Waals surface area (Å²) in [6, 6.07) is 16.1. The first-order valence-corrected chi connectivity index (χ1v) is 11.6. The Morgan fingerprint density at radius 3 is 2.86 bits per heavy atom. The van der Waals surface area contributed by atoms with Gasteiger partial charge >= 0.3 is 0 Å². The number of aromatic nitrogens is 3. The molecule has 0 spiro atoms. The van der Waals surface area contributed by atoms with Crippen LogP contribution in [0.15, 0.2) is 67.1 Å². The number of imidazole rings is 1. The Morgan fingerprint density at radius 1 is 1.03 bits per heavy atom. The predicted octanol–water partition coefficient (Wildman–Crippen LogP) is 2.81. The summed E-state index contributed by atoms with van der Waals surface area (Å²) in [5.41, 5.74) is 4.05. The van der Waals surface area contributed by atoms with Gasteiger partial charge in [-0.1, -0.05) is 12.1 Å². The molecule has 0 saturated carbocycles. The Morgan fingerprint density at radius 2 is 1.94 bits per heavy atom. The number of rotatable bonds is 3. The first kappa shape index (κ1) is 21.3. The maximum Gasteiger partial charge on any atom is 0.255 e. The molecule has 2 aliphatic heterocycles. The van der Waals surface area contributed by atoms with E-state index in [0.29, 0.717) is 42.9 Å². The second-order valence-electron chi connectivity index (χ2n) is 9.04. The summed E-state index contributed by atoms with van der Waals surface area (Å²) < 4.78 is 0. The van der Waals surface area contributed by atoms with Crippen LogP contribution in [-0.2, 0) is 6.54 Å². The molecule has 0 aliphatic carbocycles. The molecule has 2 aromatic heterocycles. The second kappa shape index (κ2) is 8.52. The van der Waals surface area contributed by atoms with Crippen LogP contribution in [0.3, 0.4) is 0 Å². The third-order valence-electron chi connectivity index (χ3n) is 6.66. The minimum absolute atomic E-state index is 0.00498. The third kappa shape index (κ3) is 4.00. The topological polar surface area (TPSA) is 114 Å². The van der Waals surface area contributed by atoms with Gasteiger partial charge in [0.2, 0.25) is 0 Å². The number of pyridine rings is 1. The van der Waals surface area contributed by atoms with Crippen LogP contribution in [0.2, 0.25) is 0 Å². The maximum absolute atomic E-state index is 13.6. The quantitative estimate of drug-likeness (QED) is 0.426. The van der Waals surface area contributed by atoms with Gasteiger partial charge in [0.25, 0.3) is 11.8 Å². The fourth-order valence-corrected chi connectivity index (χ4v) is 5.01. The van der Waals surface area contributed by atoms with Gasteiger partial charge in [-0.25, -0.2) is 9.97 Å². The van der Waals surface area contributed by atoms with E-state index in [1.165, 1.54) is 0 Å². The number of carbonyl (C=O) groups is 2. The highest BCUT2D eigenvalue weighted by Gasteiger charge is 2.38. The Hall–Kier alpha value is -4.24. The van der Waals surface area contributed by atoms with Crippen molar-refractivity contribution in [2.75, 3.05) is 23.3 Å². The smallest absolute Gasteiger partial charge is 0.255 e. The first-order chi connectivity index (χ1) is 17.0. The van der Waals surface area contributed by atoms with Gasteiger partial charge in [0.05, 0.1) is 29.5 Å². The summed E-state index contributed by atoms with van der Waals surface area (Å²) in [7, 11) is 0. The van der Waals surface area contributed by atoms with Crippen LogP contribution in [0, 0.1) is 0 Å². The highest BCUT2D eigenvalue weighted by molar-refractivity contribution is 6.06. The van der Waals surface area contributed by atoms with Gasteiger partial charge < -0.3 is 25.2 Å². The third-order valence-corrected chi connectivity index (χ3v) is 6.66. The molecular formula is C26H24N6O3. The summed E-state index contributed by atoms with van der Waals surface area (Å²) in [6.45, 7) is 1.45. The Bertz CT molecular complexity index is 1430. The van der Waals surface area contributed by atoms with Crippen LogP contribution in [0.5, 0.6) is 0 Å². The number of aliphatic hydroxyl groups is 1. The van der Waals surface area contributed by atoms with Crippen molar-refractivity contribution in [2.24, 2.45) is 0 Å². The number of carbonyl (C=O) groups excluding carboxylic acids is 2. The zero-order chi connectivity index (χ0) is 23.9. The fraction of sp³-hybridized carbons (Fsp3) is 0.231. The van der Waals surface area contributed by atoms with Crippen molar-refractivity contribution in [3.05, 3.63) is 83.8 Å². The Balaban J connectivity index is 1.23. The van der Waals surface area contributed by atoms with Crippen molar-refractivity contribution in [1.29, 1.82) is 0 Å². The van der Waals surface area contributed by atoms with E-state index in [4.69, 9.17) is 0 Å². The van der Waals surface area contributed by atoms with E-state index in [0.717, 1.165) is 22.4 Å². The predicted molar refractivity (Wildman–Crippen MR) is 131 cm³/mol. The average molecular weight is 469 g/mol. The van der Waals surface area contributed by atoms with Crippen LogP contribution in [0.25, 0.3) is 11.0 Å². The van der Waals surface area contributed by atoms with E-state index in [1.807, 2.05) is 12.1 Å². The standard InChI is InChI=1S/C26H24N6O3/c33-21-11-20-13-31(12-18-4-2-8-27-24(18)32(20)14-21)26(35)17-3-1-5-19(9-17)30-25(34)16-6-7-22-23(10-16)29-15-28-22/h1-10,15,20-21,33H,11-14H2,(H,28,29)(H,30,34)/t20-,21-/m1/s1. The van der Waals surface area contributed by atoms with Crippen molar-refractivity contribution in [3.63, 3.8) is 0 Å². The number of hydrogen-bond acceptors (Lipinski definition) is 6. The van der Waals surface area contributed by atoms with Crippen LogP contribution in [0.4, 0.5) is 11.5 Å². The van der Waals surface area contributed by atoms with Gasteiger partial charge in [0, 0.05) is 48.2 Å². The highest BCUT2D eigenvalue weighted by atomic mass is 16.3.